The van der Waals surface area contributed by atoms with Gasteiger partial charge in [0, 0.05) is 23.1 Å². The molecule has 6 N–H and O–H groups in total. The smallest absolute Gasteiger partial charge is 0.270 e. The van der Waals surface area contributed by atoms with E-state index in [4.69, 9.17) is 5.73 Å². The Morgan fingerprint density at radius 1 is 1.11 bits per heavy atom. The van der Waals surface area contributed by atoms with E-state index < -0.39 is 74.5 Å². The maximum Gasteiger partial charge on any atom is 0.270 e. The van der Waals surface area contributed by atoms with Crippen LogP contribution in [0, 0.1) is 44.6 Å². The number of aliphatic hydroxyl groups is 3. The summed E-state index contributed by atoms with van der Waals surface area (Å²) < 4.78 is 0. The molecule has 0 bridgehead atoms. The van der Waals surface area contributed by atoms with Gasteiger partial charge in [-0.1, -0.05) is 53.7 Å². The zero-order valence-corrected chi connectivity index (χ0v) is 25.7. The largest absolute Gasteiger partial charge is 0.507 e. The number of nitro benzene ring substituents is 1. The summed E-state index contributed by atoms with van der Waals surface area (Å²) in [5, 5.41) is 58.7. The number of nitrogens with two attached hydrogens (primary N) is 1. The molecule has 2 unspecified atom stereocenters. The number of phenolic OH excluding ortho intramolecular Hbond substituents is 1. The highest BCUT2D eigenvalue weighted by Crippen LogP contribution is 2.66. The lowest BCUT2D eigenvalue weighted by molar-refractivity contribution is -0.384. The molecule has 0 radical (unpaired) electrons. The van der Waals surface area contributed by atoms with E-state index in [0.717, 1.165) is 5.56 Å². The average molecular weight is 609 g/mol. The first-order valence-corrected chi connectivity index (χ1v) is 14.9. The van der Waals surface area contributed by atoms with Crippen molar-refractivity contribution in [3.63, 3.8) is 0 Å². The van der Waals surface area contributed by atoms with Crippen molar-refractivity contribution >= 4 is 23.2 Å². The van der Waals surface area contributed by atoms with Crippen LogP contribution in [0.3, 0.4) is 0 Å². The van der Waals surface area contributed by atoms with Crippen LogP contribution in [-0.2, 0) is 16.0 Å². The van der Waals surface area contributed by atoms with Gasteiger partial charge in [0.15, 0.2) is 17.2 Å². The van der Waals surface area contributed by atoms with Crippen molar-refractivity contribution in [2.75, 3.05) is 0 Å². The van der Waals surface area contributed by atoms with Crippen molar-refractivity contribution < 1.29 is 39.7 Å². The van der Waals surface area contributed by atoms with E-state index in [-0.39, 0.29) is 41.5 Å². The van der Waals surface area contributed by atoms with Gasteiger partial charge in [0.05, 0.1) is 22.5 Å². The molecule has 0 spiro atoms. The van der Waals surface area contributed by atoms with E-state index in [9.17, 15) is 44.9 Å². The zero-order valence-electron chi connectivity index (χ0n) is 25.7. The number of hydrogen-bond donors (Lipinski definition) is 5. The Bertz CT molecular complexity index is 1600. The molecule has 5 rings (SSSR count). The number of aromatic hydroxyl groups is 1. The summed E-state index contributed by atoms with van der Waals surface area (Å²) in [6.07, 6.45) is -3.24. The topological polar surface area (TPSA) is 201 Å². The van der Waals surface area contributed by atoms with Crippen LogP contribution >= 0.6 is 0 Å². The number of fused-ring (bicyclic) bond motifs is 3. The monoisotopic (exact) mass is 608 g/mol. The van der Waals surface area contributed by atoms with Gasteiger partial charge in [-0.05, 0) is 58.8 Å². The van der Waals surface area contributed by atoms with Crippen molar-refractivity contribution in [1.82, 2.24) is 0 Å². The molecule has 0 heterocycles. The fraction of sp³-hybridized carbons (Fsp3) is 0.545. The highest BCUT2D eigenvalue weighted by atomic mass is 16.6. The number of phenols is 1. The summed E-state index contributed by atoms with van der Waals surface area (Å²) in [6.45, 7) is 10.9. The first kappa shape index (κ1) is 31.7. The number of hydrogen-bond acceptors (Lipinski definition) is 9. The van der Waals surface area contributed by atoms with Crippen molar-refractivity contribution in [3.05, 3.63) is 57.1 Å². The Labute approximate surface area is 255 Å². The van der Waals surface area contributed by atoms with E-state index >= 15 is 0 Å². The number of ketones is 2. The number of benzene rings is 2. The van der Waals surface area contributed by atoms with Crippen LogP contribution in [0.4, 0.5) is 5.69 Å². The Hall–Kier alpha value is -3.67. The van der Waals surface area contributed by atoms with Crippen LogP contribution in [-0.4, -0.2) is 60.6 Å². The number of carbonyl (C=O) groups excluding carboxylic acids is 3. The van der Waals surface area contributed by atoms with Crippen LogP contribution in [0.15, 0.2) is 30.3 Å². The molecular formula is C33H40N2O9. The molecule has 2 fully saturated rings. The number of amides is 1. The first-order chi connectivity index (χ1) is 20.3. The van der Waals surface area contributed by atoms with Crippen molar-refractivity contribution in [3.8, 4) is 16.9 Å². The molecule has 11 nitrogen and oxygen atoms in total. The lowest BCUT2D eigenvalue weighted by Gasteiger charge is -2.66. The van der Waals surface area contributed by atoms with Gasteiger partial charge in [-0.3, -0.25) is 24.5 Å². The number of primary amides is 1. The number of Topliss-reactive ketones (excluding diaryl/α,β-unsaturated/α-hetero) is 2. The number of nitrogens with zero attached hydrogens (tertiary/aromatic N) is 1. The SMILES string of the molecule is CC(C)c1cc(-c2cccc([N+](=O)[O-])c2)c(O)c2c1C[C@]1(C)C[C@]3(C)[C@@H](C(C)C)C(O)[C@@H](C(N)=O)C(=O)[C@]3(O)C(O)[C@H]1C2=O. The molecule has 0 saturated heterocycles. The Morgan fingerprint density at radius 3 is 2.30 bits per heavy atom. The summed E-state index contributed by atoms with van der Waals surface area (Å²) in [4.78, 5) is 51.8. The maximum atomic E-state index is 14.6. The van der Waals surface area contributed by atoms with Crippen LogP contribution in [0.5, 0.6) is 5.75 Å². The Morgan fingerprint density at radius 2 is 1.75 bits per heavy atom. The minimum atomic E-state index is -2.60. The highest BCUT2D eigenvalue weighted by Gasteiger charge is 2.76. The third kappa shape index (κ3) is 4.09. The van der Waals surface area contributed by atoms with Gasteiger partial charge >= 0.3 is 0 Å². The molecule has 2 saturated carbocycles. The lowest BCUT2D eigenvalue weighted by atomic mass is 9.39. The molecule has 0 aliphatic heterocycles. The molecule has 3 aliphatic rings. The average Bonchev–Trinajstić information content (AvgIpc) is 2.90. The zero-order chi connectivity index (χ0) is 32.8. The molecule has 2 aromatic carbocycles. The van der Waals surface area contributed by atoms with E-state index in [1.807, 2.05) is 13.8 Å². The molecule has 236 valence electrons. The Balaban J connectivity index is 1.75. The summed E-state index contributed by atoms with van der Waals surface area (Å²) >= 11 is 0. The summed E-state index contributed by atoms with van der Waals surface area (Å²) in [5.41, 5.74) is 2.01. The summed E-state index contributed by atoms with van der Waals surface area (Å²) in [6, 6.07) is 7.41. The number of rotatable bonds is 5. The number of non-ortho nitro benzene ring substituents is 1. The second-order valence-electron chi connectivity index (χ2n) is 14.2. The minimum absolute atomic E-state index is 0.0471. The molecule has 3 aliphatic carbocycles. The first-order valence-electron chi connectivity index (χ1n) is 14.9. The minimum Gasteiger partial charge on any atom is -0.507 e. The molecule has 0 aromatic heterocycles. The molecule has 11 heteroatoms. The van der Waals surface area contributed by atoms with E-state index in [0.29, 0.717) is 11.1 Å². The van der Waals surface area contributed by atoms with Crippen LogP contribution in [0.25, 0.3) is 11.1 Å². The van der Waals surface area contributed by atoms with Crippen molar-refractivity contribution in [2.45, 2.75) is 78.1 Å². The fourth-order valence-electron chi connectivity index (χ4n) is 9.15. The summed E-state index contributed by atoms with van der Waals surface area (Å²) in [5.74, 6) is -7.80. The molecule has 44 heavy (non-hydrogen) atoms. The van der Waals surface area contributed by atoms with Gasteiger partial charge in [-0.15, -0.1) is 0 Å². The predicted molar refractivity (Wildman–Crippen MR) is 160 cm³/mol. The molecule has 2 aromatic rings. The Kier molecular flexibility index (Phi) is 7.35. The number of aliphatic hydroxyl groups excluding tert-OH is 2. The second kappa shape index (κ2) is 10.2. The van der Waals surface area contributed by atoms with Crippen molar-refractivity contribution in [1.29, 1.82) is 0 Å². The van der Waals surface area contributed by atoms with Gasteiger partial charge in [0.25, 0.3) is 5.69 Å². The number of carbonyl (C=O) groups is 3. The van der Waals surface area contributed by atoms with Gasteiger partial charge in [0.1, 0.15) is 17.8 Å². The van der Waals surface area contributed by atoms with Crippen molar-refractivity contribution in [2.24, 2.45) is 40.2 Å². The van der Waals surface area contributed by atoms with Gasteiger partial charge in [-0.25, -0.2) is 0 Å². The predicted octanol–water partition coefficient (Wildman–Crippen LogP) is 3.27. The highest BCUT2D eigenvalue weighted by molar-refractivity contribution is 6.10. The molecule has 8 atom stereocenters. The fourth-order valence-corrected chi connectivity index (χ4v) is 9.15. The second-order valence-corrected chi connectivity index (χ2v) is 14.2. The maximum absolute atomic E-state index is 14.6. The third-order valence-corrected chi connectivity index (χ3v) is 10.8. The van der Waals surface area contributed by atoms with Gasteiger partial charge in [0.2, 0.25) is 5.91 Å². The molecular weight excluding hydrogens is 568 g/mol. The van der Waals surface area contributed by atoms with Crippen LogP contribution < -0.4 is 5.73 Å². The van der Waals surface area contributed by atoms with E-state index in [1.54, 1.807) is 39.8 Å². The van der Waals surface area contributed by atoms with Gasteiger partial charge < -0.3 is 26.2 Å². The number of nitro groups is 1. The quantitative estimate of drug-likeness (QED) is 0.192. The molecule has 1 amide bonds. The standard InChI is InChI=1S/C33H40N2O9/c1-14(2)18-11-19(16-8-7-9-17(10-16)35(43)44)25(36)21-20(18)12-31(5)13-32(6)23(15(3)4)27(38)22(30(34)41)28(39)33(32,42)29(40)24(31)26(21)37/h7-11,14-15,22-24,27,29,36,38,40,42H,12-13H2,1-6H3,(H2,34,41)/t22-,23+,24-,27?,29?,31-,32-,33+/m1/s1. The summed E-state index contributed by atoms with van der Waals surface area (Å²) in [7, 11) is 0. The van der Waals surface area contributed by atoms with E-state index in [2.05, 4.69) is 0 Å². The van der Waals surface area contributed by atoms with E-state index in [1.165, 1.54) is 18.2 Å². The van der Waals surface area contributed by atoms with Crippen LogP contribution in [0.1, 0.15) is 75.4 Å². The van der Waals surface area contributed by atoms with Gasteiger partial charge in [-0.2, -0.15) is 0 Å². The lowest BCUT2D eigenvalue weighted by Crippen LogP contribution is -2.79. The normalized spacial score (nSPS) is 34.8. The third-order valence-electron chi connectivity index (χ3n) is 10.8. The van der Waals surface area contributed by atoms with Crippen LogP contribution in [0.2, 0.25) is 0 Å².